The number of nitrogens with one attached hydrogen (secondary N) is 1. The van der Waals surface area contributed by atoms with Gasteiger partial charge >= 0.3 is 0 Å². The van der Waals surface area contributed by atoms with Gasteiger partial charge in [-0.3, -0.25) is 4.79 Å². The Balaban J connectivity index is 2.01. The summed E-state index contributed by atoms with van der Waals surface area (Å²) in [6, 6.07) is 3.25. The average Bonchev–Trinajstić information content (AvgIpc) is 2.29. The van der Waals surface area contributed by atoms with Gasteiger partial charge in [-0.15, -0.1) is 0 Å². The fourth-order valence-corrected chi connectivity index (χ4v) is 3.14. The van der Waals surface area contributed by atoms with Crippen molar-refractivity contribution in [2.75, 3.05) is 13.1 Å². The molecule has 0 radical (unpaired) electrons. The normalized spacial score (nSPS) is 17.0. The number of halogens is 2. The SMILES string of the molecule is C[C@H](CCC(=O)C1CNC1)c1c(O)ccc(Cl)c1Br. The van der Waals surface area contributed by atoms with Crippen LogP contribution in [0.15, 0.2) is 16.6 Å². The predicted octanol–water partition coefficient (Wildman–Crippen LogP) is 3.48. The number of rotatable bonds is 5. The molecule has 5 heteroatoms. The number of ketones is 1. The monoisotopic (exact) mass is 345 g/mol. The summed E-state index contributed by atoms with van der Waals surface area (Å²) in [7, 11) is 0. The van der Waals surface area contributed by atoms with Gasteiger partial charge in [0.2, 0.25) is 0 Å². The van der Waals surface area contributed by atoms with E-state index in [9.17, 15) is 9.90 Å². The molecule has 2 N–H and O–H groups in total. The number of Topliss-reactive ketones (excluding diaryl/α,β-unsaturated/α-hetero) is 1. The van der Waals surface area contributed by atoms with Crippen LogP contribution in [0.4, 0.5) is 0 Å². The molecule has 1 atom stereocenters. The van der Waals surface area contributed by atoms with E-state index in [1.54, 1.807) is 12.1 Å². The summed E-state index contributed by atoms with van der Waals surface area (Å²) in [5, 5.41) is 13.6. The highest BCUT2D eigenvalue weighted by Crippen LogP contribution is 2.39. The van der Waals surface area contributed by atoms with E-state index < -0.39 is 0 Å². The molecule has 104 valence electrons. The third-order valence-electron chi connectivity index (χ3n) is 3.66. The number of carbonyl (C=O) groups excluding carboxylic acids is 1. The van der Waals surface area contributed by atoms with Gasteiger partial charge < -0.3 is 10.4 Å². The summed E-state index contributed by atoms with van der Waals surface area (Å²) < 4.78 is 0.722. The van der Waals surface area contributed by atoms with Crippen LogP contribution in [0, 0.1) is 5.92 Å². The third-order valence-corrected chi connectivity index (χ3v) is 5.06. The minimum atomic E-state index is 0.0880. The lowest BCUT2D eigenvalue weighted by atomic mass is 9.89. The van der Waals surface area contributed by atoms with E-state index in [1.165, 1.54) is 0 Å². The van der Waals surface area contributed by atoms with Crippen molar-refractivity contribution in [3.8, 4) is 5.75 Å². The zero-order valence-electron chi connectivity index (χ0n) is 10.7. The van der Waals surface area contributed by atoms with Crippen LogP contribution < -0.4 is 5.32 Å². The number of phenols is 1. The topological polar surface area (TPSA) is 49.3 Å². The Bertz CT molecular complexity index is 489. The van der Waals surface area contributed by atoms with E-state index >= 15 is 0 Å². The first-order chi connectivity index (χ1) is 9.00. The Morgan fingerprint density at radius 3 is 2.84 bits per heavy atom. The second-order valence-electron chi connectivity index (χ2n) is 5.06. The molecule has 1 fully saturated rings. The second kappa shape index (κ2) is 6.25. The molecule has 1 heterocycles. The van der Waals surface area contributed by atoms with Crippen LogP contribution in [-0.2, 0) is 4.79 Å². The van der Waals surface area contributed by atoms with Gasteiger partial charge in [0.25, 0.3) is 0 Å². The number of hydrogen-bond acceptors (Lipinski definition) is 3. The molecule has 1 aromatic rings. The van der Waals surface area contributed by atoms with E-state index in [0.717, 1.165) is 29.5 Å². The number of hydrogen-bond donors (Lipinski definition) is 2. The Labute approximate surface area is 126 Å². The quantitative estimate of drug-likeness (QED) is 0.858. The summed E-state index contributed by atoms with van der Waals surface area (Å²) in [5.41, 5.74) is 0.784. The third kappa shape index (κ3) is 3.30. The fraction of sp³-hybridized carbons (Fsp3) is 0.500. The minimum absolute atomic E-state index is 0.0880. The van der Waals surface area contributed by atoms with Crippen molar-refractivity contribution in [2.24, 2.45) is 5.92 Å². The summed E-state index contributed by atoms with van der Waals surface area (Å²) in [4.78, 5) is 11.9. The smallest absolute Gasteiger partial charge is 0.138 e. The number of aromatic hydroxyl groups is 1. The maximum Gasteiger partial charge on any atom is 0.138 e. The molecule has 0 unspecified atom stereocenters. The van der Waals surface area contributed by atoms with Crippen molar-refractivity contribution in [1.82, 2.24) is 5.32 Å². The Morgan fingerprint density at radius 1 is 1.58 bits per heavy atom. The van der Waals surface area contributed by atoms with Gasteiger partial charge in [-0.2, -0.15) is 0 Å². The Hall–Kier alpha value is -0.580. The molecule has 0 aliphatic carbocycles. The molecule has 1 aromatic carbocycles. The van der Waals surface area contributed by atoms with Crippen LogP contribution in [0.5, 0.6) is 5.75 Å². The van der Waals surface area contributed by atoms with Gasteiger partial charge in [-0.05, 0) is 40.4 Å². The van der Waals surface area contributed by atoms with Gasteiger partial charge in [0.15, 0.2) is 0 Å². The molecule has 3 nitrogen and oxygen atoms in total. The first kappa shape index (κ1) is 14.8. The van der Waals surface area contributed by atoms with E-state index in [1.807, 2.05) is 6.92 Å². The molecule has 1 aliphatic heterocycles. The molecule has 1 saturated heterocycles. The number of phenolic OH excluding ortho intramolecular Hbond substituents is 1. The predicted molar refractivity (Wildman–Crippen MR) is 79.8 cm³/mol. The van der Waals surface area contributed by atoms with E-state index in [0.29, 0.717) is 17.2 Å². The van der Waals surface area contributed by atoms with Crippen LogP contribution >= 0.6 is 27.5 Å². The van der Waals surface area contributed by atoms with Crippen molar-refractivity contribution in [3.05, 3.63) is 27.2 Å². The molecular weight excluding hydrogens is 330 g/mol. The summed E-state index contributed by atoms with van der Waals surface area (Å²) in [6.07, 6.45) is 1.27. The zero-order valence-corrected chi connectivity index (χ0v) is 13.1. The maximum absolute atomic E-state index is 11.9. The van der Waals surface area contributed by atoms with Crippen LogP contribution in [-0.4, -0.2) is 24.0 Å². The van der Waals surface area contributed by atoms with Crippen molar-refractivity contribution >= 4 is 33.3 Å². The largest absolute Gasteiger partial charge is 0.508 e. The van der Waals surface area contributed by atoms with E-state index in [-0.39, 0.29) is 17.6 Å². The lowest BCUT2D eigenvalue weighted by Gasteiger charge is -2.26. The van der Waals surface area contributed by atoms with Crippen LogP contribution in [0.1, 0.15) is 31.2 Å². The van der Waals surface area contributed by atoms with E-state index in [4.69, 9.17) is 11.6 Å². The molecule has 2 rings (SSSR count). The first-order valence-electron chi connectivity index (χ1n) is 6.41. The second-order valence-corrected chi connectivity index (χ2v) is 6.26. The molecule has 1 aliphatic rings. The summed E-state index contributed by atoms with van der Waals surface area (Å²) in [5.74, 6) is 0.804. The summed E-state index contributed by atoms with van der Waals surface area (Å²) in [6.45, 7) is 3.61. The summed E-state index contributed by atoms with van der Waals surface area (Å²) >= 11 is 9.45. The van der Waals surface area contributed by atoms with Gasteiger partial charge in [0.05, 0.1) is 5.02 Å². The zero-order chi connectivity index (χ0) is 14.0. The number of carbonyl (C=O) groups is 1. The number of benzene rings is 1. The highest BCUT2D eigenvalue weighted by Gasteiger charge is 2.25. The Kier molecular flexibility index (Phi) is 4.87. The van der Waals surface area contributed by atoms with Crippen LogP contribution in [0.2, 0.25) is 5.02 Å². The van der Waals surface area contributed by atoms with Crippen LogP contribution in [0.25, 0.3) is 0 Å². The molecule has 0 bridgehead atoms. The lowest BCUT2D eigenvalue weighted by molar-refractivity contribution is -0.124. The first-order valence-corrected chi connectivity index (χ1v) is 7.58. The molecular formula is C14H17BrClNO2. The van der Waals surface area contributed by atoms with Crippen molar-refractivity contribution in [3.63, 3.8) is 0 Å². The lowest BCUT2D eigenvalue weighted by Crippen LogP contribution is -2.46. The molecule has 0 spiro atoms. The van der Waals surface area contributed by atoms with Gasteiger partial charge in [0, 0.05) is 35.5 Å². The molecule has 19 heavy (non-hydrogen) atoms. The standard InChI is InChI=1S/C14H17BrClNO2/c1-8(2-4-11(18)9-6-17-7-9)13-12(19)5-3-10(16)14(13)15/h3,5,8-9,17,19H,2,4,6-7H2,1H3/t8-/m1/s1. The van der Waals surface area contributed by atoms with Crippen molar-refractivity contribution in [1.29, 1.82) is 0 Å². The fourth-order valence-electron chi connectivity index (χ4n) is 2.25. The van der Waals surface area contributed by atoms with Gasteiger partial charge in [-0.25, -0.2) is 0 Å². The van der Waals surface area contributed by atoms with Gasteiger partial charge in [-0.1, -0.05) is 18.5 Å². The van der Waals surface area contributed by atoms with Crippen molar-refractivity contribution in [2.45, 2.75) is 25.7 Å². The molecule has 0 amide bonds. The minimum Gasteiger partial charge on any atom is -0.508 e. The Morgan fingerprint density at radius 2 is 2.26 bits per heavy atom. The van der Waals surface area contributed by atoms with E-state index in [2.05, 4.69) is 21.2 Å². The highest BCUT2D eigenvalue weighted by atomic mass is 79.9. The average molecular weight is 347 g/mol. The van der Waals surface area contributed by atoms with Crippen LogP contribution in [0.3, 0.4) is 0 Å². The molecule has 0 saturated carbocycles. The molecule has 0 aromatic heterocycles. The highest BCUT2D eigenvalue weighted by molar-refractivity contribution is 9.10. The van der Waals surface area contributed by atoms with Gasteiger partial charge in [0.1, 0.15) is 11.5 Å². The maximum atomic E-state index is 11.9. The van der Waals surface area contributed by atoms with Crippen molar-refractivity contribution < 1.29 is 9.90 Å².